The van der Waals surface area contributed by atoms with Crippen molar-refractivity contribution < 1.29 is 19.1 Å². The van der Waals surface area contributed by atoms with Crippen LogP contribution in [0.25, 0.3) is 0 Å². The van der Waals surface area contributed by atoms with Crippen molar-refractivity contribution in [3.63, 3.8) is 0 Å². The number of benzene rings is 1. The van der Waals surface area contributed by atoms with Crippen LogP contribution in [0.5, 0.6) is 0 Å². The number of carboxylic acids is 1. The lowest BCUT2D eigenvalue weighted by molar-refractivity contribution is -0.144. The van der Waals surface area contributed by atoms with Crippen molar-refractivity contribution in [3.8, 4) is 0 Å². The molecule has 0 radical (unpaired) electrons. The fourth-order valence-corrected chi connectivity index (χ4v) is 2.97. The molecular weight excluding hydrogens is 273 g/mol. The molecule has 0 aliphatic heterocycles. The number of aryl methyl sites for hydroxylation is 1. The molecule has 1 amide bonds. The van der Waals surface area contributed by atoms with Gasteiger partial charge in [-0.05, 0) is 49.4 Å². The maximum absolute atomic E-state index is 13.3. The monoisotopic (exact) mass is 293 g/mol. The summed E-state index contributed by atoms with van der Waals surface area (Å²) in [5, 5.41) is 11.9. The van der Waals surface area contributed by atoms with Crippen LogP contribution >= 0.6 is 0 Å². The van der Waals surface area contributed by atoms with Crippen molar-refractivity contribution in [1.82, 2.24) is 5.32 Å². The highest BCUT2D eigenvalue weighted by atomic mass is 19.1. The van der Waals surface area contributed by atoms with Gasteiger partial charge in [0.05, 0.1) is 5.92 Å². The van der Waals surface area contributed by atoms with Crippen molar-refractivity contribution in [1.29, 1.82) is 0 Å². The van der Waals surface area contributed by atoms with Crippen LogP contribution < -0.4 is 5.32 Å². The number of rotatable bonds is 4. The minimum absolute atomic E-state index is 0.0464. The Morgan fingerprint density at radius 3 is 2.67 bits per heavy atom. The second-order valence-corrected chi connectivity index (χ2v) is 5.72. The van der Waals surface area contributed by atoms with Crippen LogP contribution in [0.15, 0.2) is 18.2 Å². The van der Waals surface area contributed by atoms with Crippen LogP contribution in [0.3, 0.4) is 0 Å². The van der Waals surface area contributed by atoms with E-state index < -0.39 is 17.7 Å². The van der Waals surface area contributed by atoms with Gasteiger partial charge in [-0.25, -0.2) is 4.39 Å². The van der Waals surface area contributed by atoms with Gasteiger partial charge in [0.2, 0.25) is 0 Å². The highest BCUT2D eigenvalue weighted by Crippen LogP contribution is 2.29. The van der Waals surface area contributed by atoms with E-state index in [2.05, 4.69) is 5.32 Å². The van der Waals surface area contributed by atoms with E-state index in [0.717, 1.165) is 19.3 Å². The van der Waals surface area contributed by atoms with E-state index in [1.54, 1.807) is 13.0 Å². The van der Waals surface area contributed by atoms with Crippen LogP contribution in [0.2, 0.25) is 0 Å². The topological polar surface area (TPSA) is 66.4 Å². The van der Waals surface area contributed by atoms with Gasteiger partial charge >= 0.3 is 5.97 Å². The number of hydrogen-bond donors (Lipinski definition) is 2. The van der Waals surface area contributed by atoms with Gasteiger partial charge in [-0.1, -0.05) is 12.8 Å². The van der Waals surface area contributed by atoms with Gasteiger partial charge in [0.1, 0.15) is 5.82 Å². The molecule has 4 nitrogen and oxygen atoms in total. The normalized spacial score (nSPS) is 21.8. The molecule has 1 fully saturated rings. The van der Waals surface area contributed by atoms with E-state index in [0.29, 0.717) is 18.5 Å². The van der Waals surface area contributed by atoms with E-state index >= 15 is 0 Å². The number of nitrogens with one attached hydrogen (secondary N) is 1. The lowest BCUT2D eigenvalue weighted by atomic mass is 9.79. The molecule has 2 unspecified atom stereocenters. The average Bonchev–Trinajstić information content (AvgIpc) is 2.43. The lowest BCUT2D eigenvalue weighted by Gasteiger charge is -2.28. The summed E-state index contributed by atoms with van der Waals surface area (Å²) >= 11 is 0. The minimum atomic E-state index is -0.796. The fraction of sp³-hybridized carbons (Fsp3) is 0.500. The molecule has 0 heterocycles. The van der Waals surface area contributed by atoms with Crippen molar-refractivity contribution in [2.24, 2.45) is 11.8 Å². The number of amides is 1. The number of carbonyl (C=O) groups excluding carboxylic acids is 1. The number of hydrogen-bond acceptors (Lipinski definition) is 2. The second-order valence-electron chi connectivity index (χ2n) is 5.72. The molecule has 0 saturated heterocycles. The summed E-state index contributed by atoms with van der Waals surface area (Å²) < 4.78 is 13.3. The smallest absolute Gasteiger partial charge is 0.306 e. The zero-order valence-electron chi connectivity index (χ0n) is 12.1. The van der Waals surface area contributed by atoms with E-state index in [1.807, 2.05) is 0 Å². The molecule has 0 bridgehead atoms. The highest BCUT2D eigenvalue weighted by Gasteiger charge is 2.30. The Hall–Kier alpha value is -1.91. The number of halogens is 1. The Kier molecular flexibility index (Phi) is 4.94. The third-order valence-corrected chi connectivity index (χ3v) is 4.06. The molecule has 114 valence electrons. The van der Waals surface area contributed by atoms with Gasteiger partial charge in [-0.3, -0.25) is 9.59 Å². The predicted molar refractivity (Wildman–Crippen MR) is 76.6 cm³/mol. The third kappa shape index (κ3) is 4.03. The van der Waals surface area contributed by atoms with Gasteiger partial charge in [-0.15, -0.1) is 0 Å². The first kappa shape index (κ1) is 15.5. The van der Waals surface area contributed by atoms with Crippen LogP contribution in [0, 0.1) is 24.6 Å². The summed E-state index contributed by atoms with van der Waals surface area (Å²) in [6.07, 6.45) is 3.38. The first-order chi connectivity index (χ1) is 9.97. The first-order valence-electron chi connectivity index (χ1n) is 7.25. The van der Waals surface area contributed by atoms with Gasteiger partial charge in [-0.2, -0.15) is 0 Å². The molecule has 1 aromatic carbocycles. The Balaban J connectivity index is 1.98. The van der Waals surface area contributed by atoms with Crippen LogP contribution in [-0.2, 0) is 4.79 Å². The standard InChI is InChI=1S/C16H20FNO3/c1-10-6-12(8-13(17)7-10)15(19)18-9-11-4-2-3-5-14(11)16(20)21/h6-8,11,14H,2-5,9H2,1H3,(H,18,19)(H,20,21). The molecular formula is C16H20FNO3. The Morgan fingerprint density at radius 2 is 2.00 bits per heavy atom. The van der Waals surface area contributed by atoms with E-state index in [1.165, 1.54) is 12.1 Å². The predicted octanol–water partition coefficient (Wildman–Crippen LogP) is 2.75. The summed E-state index contributed by atoms with van der Waals surface area (Å²) in [4.78, 5) is 23.2. The summed E-state index contributed by atoms with van der Waals surface area (Å²) in [5.41, 5.74) is 0.955. The van der Waals surface area contributed by atoms with Gasteiger partial charge < -0.3 is 10.4 Å². The van der Waals surface area contributed by atoms with E-state index in [-0.39, 0.29) is 17.4 Å². The van der Waals surface area contributed by atoms with Crippen LogP contribution in [0.4, 0.5) is 4.39 Å². The van der Waals surface area contributed by atoms with Gasteiger partial charge in [0, 0.05) is 12.1 Å². The molecule has 2 N–H and O–H groups in total. The largest absolute Gasteiger partial charge is 0.481 e. The molecule has 1 aromatic rings. The van der Waals surface area contributed by atoms with Gasteiger partial charge in [0.25, 0.3) is 5.91 Å². The molecule has 1 aliphatic carbocycles. The summed E-state index contributed by atoms with van der Waals surface area (Å²) in [7, 11) is 0. The molecule has 1 saturated carbocycles. The number of carbonyl (C=O) groups is 2. The second kappa shape index (κ2) is 6.70. The number of carboxylic acid groups (broad SMARTS) is 1. The Bertz CT molecular complexity index is 524. The third-order valence-electron chi connectivity index (χ3n) is 4.06. The molecule has 2 atom stereocenters. The SMILES string of the molecule is Cc1cc(F)cc(C(=O)NCC2CCCCC2C(=O)O)c1. The average molecular weight is 293 g/mol. The Labute approximate surface area is 123 Å². The maximum Gasteiger partial charge on any atom is 0.306 e. The van der Waals surface area contributed by atoms with Crippen molar-refractivity contribution in [2.45, 2.75) is 32.6 Å². The van der Waals surface area contributed by atoms with Crippen molar-refractivity contribution >= 4 is 11.9 Å². The van der Waals surface area contributed by atoms with Crippen LogP contribution in [0.1, 0.15) is 41.6 Å². The quantitative estimate of drug-likeness (QED) is 0.897. The van der Waals surface area contributed by atoms with Crippen LogP contribution in [-0.4, -0.2) is 23.5 Å². The van der Waals surface area contributed by atoms with Crippen molar-refractivity contribution in [3.05, 3.63) is 35.1 Å². The van der Waals surface area contributed by atoms with E-state index in [9.17, 15) is 19.1 Å². The Morgan fingerprint density at radius 1 is 1.29 bits per heavy atom. The maximum atomic E-state index is 13.3. The fourth-order valence-electron chi connectivity index (χ4n) is 2.97. The molecule has 2 rings (SSSR count). The first-order valence-corrected chi connectivity index (χ1v) is 7.25. The molecule has 0 aromatic heterocycles. The summed E-state index contributed by atoms with van der Waals surface area (Å²) in [6.45, 7) is 2.05. The van der Waals surface area contributed by atoms with E-state index in [4.69, 9.17) is 0 Å². The summed E-state index contributed by atoms with van der Waals surface area (Å²) in [6, 6.07) is 4.17. The minimum Gasteiger partial charge on any atom is -0.481 e. The van der Waals surface area contributed by atoms with Gasteiger partial charge in [0.15, 0.2) is 0 Å². The highest BCUT2D eigenvalue weighted by molar-refractivity contribution is 5.94. The molecule has 5 heteroatoms. The zero-order chi connectivity index (χ0) is 15.4. The van der Waals surface area contributed by atoms with Crippen molar-refractivity contribution in [2.75, 3.05) is 6.54 Å². The summed E-state index contributed by atoms with van der Waals surface area (Å²) in [5.74, 6) is -2.03. The number of aliphatic carboxylic acids is 1. The molecule has 21 heavy (non-hydrogen) atoms. The zero-order valence-corrected chi connectivity index (χ0v) is 12.1. The molecule has 0 spiro atoms. The lowest BCUT2D eigenvalue weighted by Crippen LogP contribution is -2.37. The molecule has 1 aliphatic rings.